The number of hydrogen-bond donors (Lipinski definition) is 4. The minimum Gasteiger partial charge on any atom is -0.310 e. The van der Waals surface area contributed by atoms with Crippen LogP contribution in [0.1, 0.15) is 179 Å². The van der Waals surface area contributed by atoms with Crippen molar-refractivity contribution in [2.24, 2.45) is 92.7 Å². The van der Waals surface area contributed by atoms with Crippen molar-refractivity contribution in [3.8, 4) is 27.9 Å². The summed E-state index contributed by atoms with van der Waals surface area (Å²) < 4.78 is 2.04. The van der Waals surface area contributed by atoms with Crippen molar-refractivity contribution in [3.05, 3.63) is 203 Å². The maximum atomic E-state index is 4.10. The molecule has 0 saturated heterocycles. The van der Waals surface area contributed by atoms with Crippen molar-refractivity contribution in [2.45, 2.75) is 205 Å². The number of nitrogens with one attached hydrogen (secondary N) is 4. The van der Waals surface area contributed by atoms with Gasteiger partial charge in [0.2, 0.25) is 0 Å². The van der Waals surface area contributed by atoms with Crippen molar-refractivity contribution in [3.63, 3.8) is 0 Å². The molecule has 7 aromatic rings. The third-order valence-corrected chi connectivity index (χ3v) is 27.9. The van der Waals surface area contributed by atoms with Crippen molar-refractivity contribution < 1.29 is 0 Å². The Morgan fingerprint density at radius 2 is 0.815 bits per heavy atom. The van der Waals surface area contributed by atoms with E-state index in [1.54, 1.807) is 0 Å². The van der Waals surface area contributed by atoms with Gasteiger partial charge in [-0.2, -0.15) is 0 Å². The number of hydrogen-bond acceptors (Lipinski definition) is 5. The molecule has 0 spiro atoms. The highest BCUT2D eigenvalue weighted by Gasteiger charge is 2.59. The number of benzene rings is 6. The first-order valence-electron chi connectivity index (χ1n) is 36.5. The molecule has 0 radical (unpaired) electrons. The molecule has 0 aliphatic heterocycles. The van der Waals surface area contributed by atoms with Gasteiger partial charge in [-0.3, -0.25) is 0 Å². The number of aryl methyl sites for hydroxylation is 2. The summed E-state index contributed by atoms with van der Waals surface area (Å²) >= 11 is 0. The van der Waals surface area contributed by atoms with Gasteiger partial charge in [-0.05, 0) is 238 Å². The van der Waals surface area contributed by atoms with Gasteiger partial charge >= 0.3 is 0 Å². The molecule has 12 fully saturated rings. The second-order valence-corrected chi connectivity index (χ2v) is 33.7. The smallest absolute Gasteiger partial charge is 0.0991 e. The summed E-state index contributed by atoms with van der Waals surface area (Å²) in [6, 6.07) is 54.1. The summed E-state index contributed by atoms with van der Waals surface area (Å²) in [5, 5.41) is 15.4. The first kappa shape index (κ1) is 65.1. The standard InChI is InChI=1S/C24H29N.C24H31N.C20H27N3.C18H27N/c1-15-22-12-19(24(22,2)3)13-23(15)25-14-16-8-9-21-18(10-16)11-17-6-4-5-7-20(17)21;1-16-5-9-19(10-6-16)20-11-7-18(8-12-20)15-25-23-14-21-13-22(17(23)2)24(21,3)4;1-14-18-10-16(20(18,2)3)11-19(14)22-12-15-4-6-17(7-5-15)23-9-8-21-13-23;1-12-7-5-6-8-14(12)11-19-17-10-15-9-16(13(17)2)18(15,3)4/h4-10,15,19,22-23,25H,11-14H2,1-3H3;5-12,17,21-23,25H,13-15H2,1-4H3;4-9,13-14,16,18-19,22H,10-12H2,1-3H3;5-8,13,15-17,19H,9-11H2,1-4H3/t15-,19+,22-,23-;17-,21+,22-,23-;14-,16+,18-,19-;13-,15+,16-,17-/m0000/s1. The normalized spacial score (nSPS) is 31.9. The Hall–Kier alpha value is -5.63. The molecule has 1 aromatic heterocycles. The summed E-state index contributed by atoms with van der Waals surface area (Å²) in [5.41, 5.74) is 20.3. The molecule has 8 bridgehead atoms. The SMILES string of the molecule is C[C@@H]1[C@@H](NCc2ccc(-n3ccnc3)cc2)C[C@H]2C[C@@H]1C2(C)C.C[C@@H]1[C@@H](NCc2ccc3c(c2)Cc2ccccc2-3)C[C@H]2C[C@@H]1C2(C)C.Cc1ccc(-c2ccc(CN[C@H]3C[C@H]4C[C@@H]([C@@H]3C)C4(C)C)cc2)cc1.Cc1ccccc1CN[C@H]1C[C@H]2C[C@@H]([C@@H]1C)C2(C)C. The van der Waals surface area contributed by atoms with Crippen molar-refractivity contribution >= 4 is 0 Å². The maximum absolute atomic E-state index is 4.10. The third-order valence-electron chi connectivity index (χ3n) is 27.9. The van der Waals surface area contributed by atoms with Gasteiger partial charge < -0.3 is 25.8 Å². The average Bonchev–Trinajstić information content (AvgIpc) is 1.82. The second kappa shape index (κ2) is 26.2. The Bertz CT molecular complexity index is 3610. The van der Waals surface area contributed by atoms with Crippen LogP contribution in [0.2, 0.25) is 0 Å². The van der Waals surface area contributed by atoms with Crippen LogP contribution in [-0.4, -0.2) is 33.7 Å². The van der Waals surface area contributed by atoms with Gasteiger partial charge in [0, 0.05) is 68.4 Å². The number of nitrogens with zero attached hydrogens (tertiary/aromatic N) is 2. The minimum atomic E-state index is 0.573. The summed E-state index contributed by atoms with van der Waals surface area (Å²) in [6.07, 6.45) is 18.0. The van der Waals surface area contributed by atoms with Crippen LogP contribution in [0.4, 0.5) is 0 Å². The van der Waals surface area contributed by atoms with Gasteiger partial charge in [0.1, 0.15) is 0 Å². The zero-order chi connectivity index (χ0) is 64.4. The van der Waals surface area contributed by atoms with Gasteiger partial charge in [-0.25, -0.2) is 4.98 Å². The molecule has 12 saturated carbocycles. The van der Waals surface area contributed by atoms with Crippen LogP contribution in [0.3, 0.4) is 0 Å². The highest BCUT2D eigenvalue weighted by atomic mass is 15.0. The van der Waals surface area contributed by atoms with Crippen molar-refractivity contribution in [1.82, 2.24) is 30.8 Å². The minimum absolute atomic E-state index is 0.573. The lowest BCUT2D eigenvalue weighted by Crippen LogP contribution is -2.59. The fourth-order valence-corrected chi connectivity index (χ4v) is 20.5. The van der Waals surface area contributed by atoms with E-state index in [-0.39, 0.29) is 0 Å². The molecule has 0 unspecified atom stereocenters. The van der Waals surface area contributed by atoms with E-state index in [1.165, 1.54) is 124 Å². The molecule has 13 aliphatic carbocycles. The van der Waals surface area contributed by atoms with E-state index in [4.69, 9.17) is 0 Å². The van der Waals surface area contributed by atoms with Gasteiger partial charge in [-0.1, -0.05) is 216 Å². The Balaban J connectivity index is 0.000000113. The van der Waals surface area contributed by atoms with Crippen LogP contribution >= 0.6 is 0 Å². The monoisotopic (exact) mass is 1230 g/mol. The maximum Gasteiger partial charge on any atom is 0.0991 e. The molecular weight excluding hydrogens is 1120 g/mol. The van der Waals surface area contributed by atoms with Crippen LogP contribution < -0.4 is 21.3 Å². The highest BCUT2D eigenvalue weighted by molar-refractivity contribution is 5.77. The Labute approximate surface area is 556 Å². The van der Waals surface area contributed by atoms with Gasteiger partial charge in [0.05, 0.1) is 6.33 Å². The predicted octanol–water partition coefficient (Wildman–Crippen LogP) is 19.4. The van der Waals surface area contributed by atoms with E-state index in [2.05, 4.69) is 263 Å². The van der Waals surface area contributed by atoms with E-state index in [0.717, 1.165) is 110 Å². The Morgan fingerprint density at radius 1 is 0.413 bits per heavy atom. The number of rotatable bonds is 14. The topological polar surface area (TPSA) is 65.9 Å². The predicted molar refractivity (Wildman–Crippen MR) is 385 cm³/mol. The molecule has 6 aromatic carbocycles. The lowest BCUT2D eigenvalue weighted by Gasteiger charge is -2.62. The number of imidazole rings is 1. The molecule has 4 N–H and O–H groups in total. The zero-order valence-corrected chi connectivity index (χ0v) is 58.8. The van der Waals surface area contributed by atoms with E-state index in [9.17, 15) is 0 Å². The van der Waals surface area contributed by atoms with Gasteiger partial charge in [-0.15, -0.1) is 0 Å². The summed E-state index contributed by atoms with van der Waals surface area (Å²) in [5.74, 6) is 10.6. The van der Waals surface area contributed by atoms with Crippen molar-refractivity contribution in [2.75, 3.05) is 0 Å². The molecule has 16 atom stereocenters. The fourth-order valence-electron chi connectivity index (χ4n) is 20.5. The molecule has 6 heteroatoms. The van der Waals surface area contributed by atoms with Crippen LogP contribution in [-0.2, 0) is 32.6 Å². The largest absolute Gasteiger partial charge is 0.310 e. The zero-order valence-electron chi connectivity index (χ0n) is 58.8. The van der Waals surface area contributed by atoms with Crippen molar-refractivity contribution in [1.29, 1.82) is 0 Å². The molecule has 13 aliphatic rings. The Morgan fingerprint density at radius 3 is 1.26 bits per heavy atom. The molecule has 1 heterocycles. The average molecular weight is 1230 g/mol. The van der Waals surface area contributed by atoms with Crippen LogP contribution in [0.25, 0.3) is 27.9 Å². The van der Waals surface area contributed by atoms with E-state index in [0.29, 0.717) is 39.8 Å². The molecule has 20 rings (SSSR count). The molecule has 6 nitrogen and oxygen atoms in total. The molecule has 488 valence electrons. The quantitative estimate of drug-likeness (QED) is 0.0874. The van der Waals surface area contributed by atoms with E-state index in [1.807, 2.05) is 23.3 Å². The lowest BCUT2D eigenvalue weighted by atomic mass is 9.45. The second-order valence-electron chi connectivity index (χ2n) is 33.7. The Kier molecular flexibility index (Phi) is 18.5. The summed E-state index contributed by atoms with van der Waals surface area (Å²) in [7, 11) is 0. The van der Waals surface area contributed by atoms with Crippen LogP contribution in [0, 0.1) is 107 Å². The highest BCUT2D eigenvalue weighted by Crippen LogP contribution is 2.64. The van der Waals surface area contributed by atoms with Gasteiger partial charge in [0.15, 0.2) is 0 Å². The molecule has 92 heavy (non-hydrogen) atoms. The first-order valence-corrected chi connectivity index (χ1v) is 36.5. The van der Waals surface area contributed by atoms with Crippen LogP contribution in [0.5, 0.6) is 0 Å². The first-order chi connectivity index (χ1) is 44.0. The van der Waals surface area contributed by atoms with E-state index < -0.39 is 0 Å². The number of aromatic nitrogens is 2. The molecule has 0 amide bonds. The van der Waals surface area contributed by atoms with E-state index >= 15 is 0 Å². The fraction of sp³-hybridized carbons (Fsp3) is 0.547. The summed E-state index contributed by atoms with van der Waals surface area (Å²) in [6.45, 7) is 38.0. The number of fused-ring (bicyclic) bond motifs is 11. The molecular formula is C86H114N6. The van der Waals surface area contributed by atoms with Crippen LogP contribution in [0.15, 0.2) is 158 Å². The third kappa shape index (κ3) is 12.8. The van der Waals surface area contributed by atoms with Gasteiger partial charge in [0.25, 0.3) is 0 Å². The lowest BCUT2D eigenvalue weighted by molar-refractivity contribution is -0.115. The summed E-state index contributed by atoms with van der Waals surface area (Å²) in [4.78, 5) is 4.10.